The van der Waals surface area contributed by atoms with Gasteiger partial charge in [0.05, 0.1) is 12.2 Å². The number of halogens is 1. The average Bonchev–Trinajstić information content (AvgIpc) is 2.50. The summed E-state index contributed by atoms with van der Waals surface area (Å²) in [6.07, 6.45) is 3.33. The van der Waals surface area contributed by atoms with E-state index < -0.39 is 0 Å². The van der Waals surface area contributed by atoms with E-state index in [-0.39, 0.29) is 18.3 Å². The first-order valence-electron chi connectivity index (χ1n) is 6.31. The molecule has 1 heterocycles. The first-order valence-corrected chi connectivity index (χ1v) is 6.31. The van der Waals surface area contributed by atoms with Crippen LogP contribution in [0, 0.1) is 17.7 Å². The molecular weight excluding hydrogens is 271 g/mol. The van der Waals surface area contributed by atoms with E-state index in [1.54, 1.807) is 12.3 Å². The topological polar surface area (TPSA) is 62.2 Å². The van der Waals surface area contributed by atoms with Crippen molar-refractivity contribution in [2.75, 3.05) is 11.9 Å². The third kappa shape index (κ3) is 4.41. The third-order valence-electron chi connectivity index (χ3n) is 2.57. The molecule has 0 saturated heterocycles. The molecule has 0 saturated carbocycles. The van der Waals surface area contributed by atoms with Crippen LogP contribution in [0.25, 0.3) is 0 Å². The van der Waals surface area contributed by atoms with Crippen molar-refractivity contribution in [3.63, 3.8) is 0 Å². The van der Waals surface area contributed by atoms with Gasteiger partial charge in [0.2, 0.25) is 0 Å². The largest absolute Gasteiger partial charge is 0.395 e. The van der Waals surface area contributed by atoms with Gasteiger partial charge in [-0.25, -0.2) is 4.39 Å². The minimum absolute atomic E-state index is 0.00876. The van der Waals surface area contributed by atoms with E-state index in [2.05, 4.69) is 22.1 Å². The van der Waals surface area contributed by atoms with Gasteiger partial charge in [-0.05, 0) is 30.3 Å². The molecule has 106 valence electrons. The van der Waals surface area contributed by atoms with Crippen molar-refractivity contribution in [2.24, 2.45) is 0 Å². The minimum Gasteiger partial charge on any atom is -0.395 e. The molecule has 0 bridgehead atoms. The van der Waals surface area contributed by atoms with Crippen LogP contribution in [-0.2, 0) is 0 Å². The maximum absolute atomic E-state index is 12.8. The molecule has 0 radical (unpaired) electrons. The normalized spacial score (nSPS) is 9.62. The molecule has 0 aliphatic carbocycles. The lowest BCUT2D eigenvalue weighted by molar-refractivity contribution is 0.102. The summed E-state index contributed by atoms with van der Waals surface area (Å²) in [5, 5.41) is 11.3. The van der Waals surface area contributed by atoms with E-state index in [9.17, 15) is 9.18 Å². The van der Waals surface area contributed by atoms with E-state index in [1.165, 1.54) is 30.5 Å². The van der Waals surface area contributed by atoms with Gasteiger partial charge in [0.25, 0.3) is 5.91 Å². The van der Waals surface area contributed by atoms with Crippen LogP contribution in [0.4, 0.5) is 10.1 Å². The van der Waals surface area contributed by atoms with Gasteiger partial charge in [-0.2, -0.15) is 0 Å². The Morgan fingerprint density at radius 2 is 2.05 bits per heavy atom. The van der Waals surface area contributed by atoms with Gasteiger partial charge < -0.3 is 10.4 Å². The molecule has 0 fully saturated rings. The van der Waals surface area contributed by atoms with Gasteiger partial charge in [0.1, 0.15) is 5.82 Å². The molecule has 0 unspecified atom stereocenters. The molecule has 4 nitrogen and oxygen atoms in total. The number of anilines is 1. The highest BCUT2D eigenvalue weighted by molar-refractivity contribution is 6.04. The predicted octanol–water partition coefficient (Wildman–Crippen LogP) is 2.21. The number of carbonyl (C=O) groups excluding carboxylic acids is 1. The van der Waals surface area contributed by atoms with Crippen LogP contribution in [0.15, 0.2) is 42.7 Å². The molecule has 0 spiro atoms. The van der Waals surface area contributed by atoms with Gasteiger partial charge in [0.15, 0.2) is 0 Å². The number of hydrogen-bond donors (Lipinski definition) is 2. The summed E-state index contributed by atoms with van der Waals surface area (Å²) in [5.74, 6) is 4.86. The number of aliphatic hydroxyl groups is 1. The Balaban J connectivity index is 2.11. The molecule has 2 aromatic rings. The molecule has 0 aliphatic heterocycles. The van der Waals surface area contributed by atoms with Crippen molar-refractivity contribution in [1.29, 1.82) is 0 Å². The number of benzene rings is 1. The molecule has 1 aromatic carbocycles. The lowest BCUT2D eigenvalue weighted by atomic mass is 10.2. The average molecular weight is 284 g/mol. The third-order valence-corrected chi connectivity index (χ3v) is 2.57. The summed E-state index contributed by atoms with van der Waals surface area (Å²) in [4.78, 5) is 16.0. The van der Waals surface area contributed by atoms with Crippen LogP contribution in [-0.4, -0.2) is 22.6 Å². The zero-order valence-corrected chi connectivity index (χ0v) is 11.1. The standard InChI is InChI=1S/C16H13FN2O2/c17-14-4-6-15(7-5-14)19-16(21)13-9-12(10-18-11-13)3-1-2-8-20/h4-7,9-11,20H,2,8H2,(H,19,21). The highest BCUT2D eigenvalue weighted by Gasteiger charge is 2.07. The SMILES string of the molecule is O=C(Nc1ccc(F)cc1)c1cncc(C#CCCO)c1. The summed E-state index contributed by atoms with van der Waals surface area (Å²) >= 11 is 0. The second kappa shape index (κ2) is 7.17. The lowest BCUT2D eigenvalue weighted by Crippen LogP contribution is -2.12. The van der Waals surface area contributed by atoms with E-state index in [1.807, 2.05) is 0 Å². The van der Waals surface area contributed by atoms with Crippen molar-refractivity contribution >= 4 is 11.6 Å². The Morgan fingerprint density at radius 1 is 1.29 bits per heavy atom. The molecular formula is C16H13FN2O2. The van der Waals surface area contributed by atoms with Gasteiger partial charge in [0, 0.05) is 30.1 Å². The van der Waals surface area contributed by atoms with E-state index in [0.29, 0.717) is 23.2 Å². The van der Waals surface area contributed by atoms with E-state index in [0.717, 1.165) is 0 Å². The zero-order valence-electron chi connectivity index (χ0n) is 11.1. The molecule has 0 aliphatic rings. The van der Waals surface area contributed by atoms with Crippen molar-refractivity contribution in [2.45, 2.75) is 6.42 Å². The summed E-state index contributed by atoms with van der Waals surface area (Å²) in [7, 11) is 0. The summed E-state index contributed by atoms with van der Waals surface area (Å²) in [5.41, 5.74) is 1.45. The van der Waals surface area contributed by atoms with Crippen LogP contribution in [0.1, 0.15) is 22.3 Å². The summed E-state index contributed by atoms with van der Waals surface area (Å²) < 4.78 is 12.8. The fourth-order valence-corrected chi connectivity index (χ4v) is 1.59. The Bertz CT molecular complexity index is 687. The lowest BCUT2D eigenvalue weighted by Gasteiger charge is -2.05. The second-order valence-corrected chi connectivity index (χ2v) is 4.20. The van der Waals surface area contributed by atoms with Crippen molar-refractivity contribution < 1.29 is 14.3 Å². The Hall–Kier alpha value is -2.71. The number of nitrogens with zero attached hydrogens (tertiary/aromatic N) is 1. The quantitative estimate of drug-likeness (QED) is 0.849. The van der Waals surface area contributed by atoms with Crippen LogP contribution in [0.5, 0.6) is 0 Å². The number of hydrogen-bond acceptors (Lipinski definition) is 3. The van der Waals surface area contributed by atoms with Crippen LogP contribution in [0.3, 0.4) is 0 Å². The van der Waals surface area contributed by atoms with Crippen molar-refractivity contribution in [3.05, 3.63) is 59.7 Å². The number of aliphatic hydroxyl groups excluding tert-OH is 1. The zero-order chi connectivity index (χ0) is 15.1. The number of nitrogens with one attached hydrogen (secondary N) is 1. The number of rotatable bonds is 3. The molecule has 2 N–H and O–H groups in total. The highest BCUT2D eigenvalue weighted by atomic mass is 19.1. The van der Waals surface area contributed by atoms with Crippen LogP contribution >= 0.6 is 0 Å². The van der Waals surface area contributed by atoms with Crippen LogP contribution < -0.4 is 5.32 Å². The van der Waals surface area contributed by atoms with Crippen molar-refractivity contribution in [1.82, 2.24) is 4.98 Å². The second-order valence-electron chi connectivity index (χ2n) is 4.20. The minimum atomic E-state index is -0.365. The van der Waals surface area contributed by atoms with Crippen LogP contribution in [0.2, 0.25) is 0 Å². The van der Waals surface area contributed by atoms with Gasteiger partial charge in [-0.1, -0.05) is 11.8 Å². The summed E-state index contributed by atoms with van der Waals surface area (Å²) in [6.45, 7) is -0.00876. The first-order chi connectivity index (χ1) is 10.2. The molecule has 1 amide bonds. The summed E-state index contributed by atoms with van der Waals surface area (Å²) in [6, 6.07) is 7.10. The Kier molecular flexibility index (Phi) is 5.02. The number of pyridine rings is 1. The predicted molar refractivity (Wildman–Crippen MR) is 77.2 cm³/mol. The molecule has 2 rings (SSSR count). The fourth-order valence-electron chi connectivity index (χ4n) is 1.59. The molecule has 1 aromatic heterocycles. The molecule has 5 heteroatoms. The van der Waals surface area contributed by atoms with Gasteiger partial charge in [-0.15, -0.1) is 0 Å². The molecule has 0 atom stereocenters. The fraction of sp³-hybridized carbons (Fsp3) is 0.125. The highest BCUT2D eigenvalue weighted by Crippen LogP contribution is 2.10. The molecule has 21 heavy (non-hydrogen) atoms. The number of carbonyl (C=O) groups is 1. The van der Waals surface area contributed by atoms with E-state index in [4.69, 9.17) is 5.11 Å². The smallest absolute Gasteiger partial charge is 0.257 e. The number of aromatic nitrogens is 1. The van der Waals surface area contributed by atoms with Gasteiger partial charge in [-0.3, -0.25) is 9.78 Å². The monoisotopic (exact) mass is 284 g/mol. The van der Waals surface area contributed by atoms with Gasteiger partial charge >= 0.3 is 0 Å². The maximum Gasteiger partial charge on any atom is 0.257 e. The number of amides is 1. The Morgan fingerprint density at radius 3 is 2.76 bits per heavy atom. The maximum atomic E-state index is 12.8. The van der Waals surface area contributed by atoms with E-state index >= 15 is 0 Å². The first kappa shape index (κ1) is 14.7. The van der Waals surface area contributed by atoms with Crippen molar-refractivity contribution in [3.8, 4) is 11.8 Å². The Labute approximate surface area is 121 Å².